The maximum Gasteiger partial charge on any atom is 0.264 e. The number of hydrogen-bond donors (Lipinski definition) is 0. The van der Waals surface area contributed by atoms with Crippen molar-refractivity contribution in [2.45, 2.75) is 180 Å². The first-order valence-electron chi connectivity index (χ1n) is 27.0. The van der Waals surface area contributed by atoms with Crippen molar-refractivity contribution >= 4 is 89.3 Å². The van der Waals surface area contributed by atoms with Crippen LogP contribution < -0.4 is 30.4 Å². The molecule has 5 aliphatic rings. The Morgan fingerprint density at radius 2 is 1.01 bits per heavy atom. The zero-order valence-corrected chi connectivity index (χ0v) is 46.4. The zero-order chi connectivity index (χ0) is 50.2. The van der Waals surface area contributed by atoms with Gasteiger partial charge in [0.2, 0.25) is 0 Å². The molecule has 1 saturated carbocycles. The maximum atomic E-state index is 2.82. The molecule has 0 spiro atoms. The topological polar surface area (TPSA) is 9.72 Å². The molecule has 12 rings (SSSR count). The Balaban J connectivity index is 1.24. The van der Waals surface area contributed by atoms with Gasteiger partial charge in [0.1, 0.15) is 0 Å². The van der Waals surface area contributed by atoms with Crippen molar-refractivity contribution in [3.63, 3.8) is 0 Å². The molecule has 0 radical (unpaired) electrons. The fourth-order valence-corrected chi connectivity index (χ4v) is 15.3. The molecule has 1 fully saturated rings. The summed E-state index contributed by atoms with van der Waals surface area (Å²) in [5, 5.41) is 1.36. The third-order valence-electron chi connectivity index (χ3n) is 18.7. The van der Waals surface area contributed by atoms with Gasteiger partial charge in [0, 0.05) is 60.1 Å². The highest BCUT2D eigenvalue weighted by Gasteiger charge is 2.58. The van der Waals surface area contributed by atoms with E-state index in [9.17, 15) is 0 Å². The van der Waals surface area contributed by atoms with Crippen LogP contribution in [0.5, 0.6) is 0 Å². The molecule has 3 aliphatic heterocycles. The first-order chi connectivity index (χ1) is 33.3. The Labute approximate surface area is 430 Å². The van der Waals surface area contributed by atoms with Crippen LogP contribution in [-0.2, 0) is 32.5 Å². The molecule has 0 amide bonds. The van der Waals surface area contributed by atoms with Gasteiger partial charge in [-0.25, -0.2) is 0 Å². The minimum Gasteiger partial charge on any atom is -0.334 e. The van der Waals surface area contributed by atoms with Crippen molar-refractivity contribution in [1.82, 2.24) is 0 Å². The summed E-state index contributed by atoms with van der Waals surface area (Å²) in [4.78, 5) is 8.25. The third kappa shape index (κ3) is 6.79. The first-order valence-corrected chi connectivity index (χ1v) is 27.8. The number of thiophene rings is 1. The van der Waals surface area contributed by atoms with Crippen LogP contribution in [0.25, 0.3) is 10.1 Å². The molecule has 2 atom stereocenters. The number of para-hydroxylation sites is 1. The van der Waals surface area contributed by atoms with Gasteiger partial charge in [-0.15, -0.1) is 11.3 Å². The smallest absolute Gasteiger partial charge is 0.264 e. The van der Waals surface area contributed by atoms with Crippen molar-refractivity contribution in [3.05, 3.63) is 149 Å². The normalized spacial score (nSPS) is 21.9. The van der Waals surface area contributed by atoms with Crippen LogP contribution in [0, 0.1) is 0 Å². The molecular formula is C66H76BN3S. The Kier molecular flexibility index (Phi) is 9.99. The van der Waals surface area contributed by atoms with E-state index < -0.39 is 0 Å². The van der Waals surface area contributed by atoms with Crippen molar-refractivity contribution in [3.8, 4) is 0 Å². The zero-order valence-electron chi connectivity index (χ0n) is 45.5. The number of benzene rings is 6. The molecule has 0 saturated heterocycles. The minimum atomic E-state index is -0.106. The molecule has 6 aromatic carbocycles. The van der Waals surface area contributed by atoms with Gasteiger partial charge in [-0.3, -0.25) is 0 Å². The van der Waals surface area contributed by atoms with Crippen LogP contribution in [0.2, 0.25) is 0 Å². The van der Waals surface area contributed by atoms with E-state index in [4.69, 9.17) is 0 Å². The molecule has 7 aromatic rings. The van der Waals surface area contributed by atoms with E-state index in [1.54, 1.807) is 0 Å². The Bertz CT molecular complexity index is 3310. The molecular weight excluding hydrogens is 878 g/mol. The molecule has 4 heterocycles. The third-order valence-corrected chi connectivity index (χ3v) is 20.0. The fourth-order valence-electron chi connectivity index (χ4n) is 14.0. The van der Waals surface area contributed by atoms with Crippen LogP contribution in [0.3, 0.4) is 0 Å². The van der Waals surface area contributed by atoms with Crippen molar-refractivity contribution < 1.29 is 0 Å². The monoisotopic (exact) mass is 954 g/mol. The summed E-state index contributed by atoms with van der Waals surface area (Å²) in [7, 11) is 0. The van der Waals surface area contributed by atoms with Crippen molar-refractivity contribution in [2.24, 2.45) is 0 Å². The lowest BCUT2D eigenvalue weighted by Gasteiger charge is -2.51. The molecule has 71 heavy (non-hydrogen) atoms. The molecule has 364 valence electrons. The average Bonchev–Trinajstić information content (AvgIpc) is 3.79. The largest absolute Gasteiger partial charge is 0.334 e. The van der Waals surface area contributed by atoms with Crippen molar-refractivity contribution in [1.29, 1.82) is 0 Å². The predicted molar refractivity (Wildman–Crippen MR) is 310 cm³/mol. The summed E-state index contributed by atoms with van der Waals surface area (Å²) in [6.45, 7) is 36.3. The summed E-state index contributed by atoms with van der Waals surface area (Å²) in [5.74, 6) is 0. The van der Waals surface area contributed by atoms with Gasteiger partial charge >= 0.3 is 0 Å². The average molecular weight is 954 g/mol. The van der Waals surface area contributed by atoms with Gasteiger partial charge in [0.15, 0.2) is 0 Å². The highest BCUT2D eigenvalue weighted by atomic mass is 32.1. The second-order valence-corrected chi connectivity index (χ2v) is 28.3. The number of hydrogen-bond acceptors (Lipinski definition) is 4. The maximum absolute atomic E-state index is 2.82. The number of anilines is 8. The van der Waals surface area contributed by atoms with Gasteiger partial charge in [0.25, 0.3) is 6.71 Å². The quantitative estimate of drug-likeness (QED) is 0.163. The van der Waals surface area contributed by atoms with Gasteiger partial charge < -0.3 is 14.7 Å². The van der Waals surface area contributed by atoms with Crippen molar-refractivity contribution in [2.75, 3.05) is 14.7 Å². The van der Waals surface area contributed by atoms with Crippen LogP contribution in [0.1, 0.15) is 176 Å². The number of nitrogens with zero attached hydrogens (tertiary/aromatic N) is 3. The summed E-state index contributed by atoms with van der Waals surface area (Å²) in [6.07, 6.45) is 7.20. The van der Waals surface area contributed by atoms with E-state index in [-0.39, 0.29) is 44.7 Å². The lowest BCUT2D eigenvalue weighted by molar-refractivity contribution is 0.195. The van der Waals surface area contributed by atoms with Crippen LogP contribution >= 0.6 is 11.3 Å². The Hall–Kier alpha value is -5.26. The molecule has 5 heteroatoms. The lowest BCUT2D eigenvalue weighted by Crippen LogP contribution is -2.61. The molecule has 1 aromatic heterocycles. The first kappa shape index (κ1) is 46.8. The second-order valence-electron chi connectivity index (χ2n) is 27.3. The van der Waals surface area contributed by atoms with E-state index in [1.807, 2.05) is 11.3 Å². The SMILES string of the molecule is CC(C)(C)c1ccc(N2c3cc4c(cc3B3c5sc6ccc(C(C)(C)C)cc6c5N(c5ccc(C(C)(C)C)cc5)c5cc(N6c7ccccc7C7(C)CCCCC67C)cc2c53)C(C)(C)CCC4(C)C)cc1. The molecule has 0 bridgehead atoms. The molecule has 3 nitrogen and oxygen atoms in total. The fraction of sp³-hybridized carbons (Fsp3) is 0.424. The van der Waals surface area contributed by atoms with E-state index in [2.05, 4.69) is 234 Å². The van der Waals surface area contributed by atoms with Gasteiger partial charge in [-0.1, -0.05) is 164 Å². The van der Waals surface area contributed by atoms with E-state index in [1.165, 1.54) is 137 Å². The number of fused-ring (bicyclic) bond motifs is 10. The molecule has 2 unspecified atom stereocenters. The van der Waals surface area contributed by atoms with Crippen LogP contribution in [-0.4, -0.2) is 12.3 Å². The van der Waals surface area contributed by atoms with Gasteiger partial charge in [0.05, 0.1) is 11.2 Å². The molecule has 0 N–H and O–H groups in total. The Morgan fingerprint density at radius 1 is 0.479 bits per heavy atom. The highest BCUT2D eigenvalue weighted by Crippen LogP contribution is 2.62. The summed E-state index contributed by atoms with van der Waals surface area (Å²) >= 11 is 2.03. The van der Waals surface area contributed by atoms with E-state index >= 15 is 0 Å². The lowest BCUT2D eigenvalue weighted by atomic mass is 9.35. The number of rotatable bonds is 3. The second kappa shape index (κ2) is 15.2. The van der Waals surface area contributed by atoms with E-state index in [0.29, 0.717) is 0 Å². The van der Waals surface area contributed by atoms with Crippen LogP contribution in [0.4, 0.5) is 45.5 Å². The van der Waals surface area contributed by atoms with Gasteiger partial charge in [-0.05, 0) is 165 Å². The van der Waals surface area contributed by atoms with Gasteiger partial charge in [-0.2, -0.15) is 0 Å². The van der Waals surface area contributed by atoms with E-state index in [0.717, 1.165) is 6.42 Å². The standard InChI is InChI=1S/C66H76BN3S/c1-60(2,3)41-22-27-44(28-23-41)68-53-40-50-49(63(10,11)34-35-64(50,12)13)39-51(53)67-57-54(68)37-46(70-52-21-17-16-20-48(52)65(14)32-18-19-33-66(65,70)15)38-55(57)69(45-29-24-42(25-30-45)61(4,5)6)58-47-36-43(62(7,8)9)26-31-56(47)71-59(58)67/h16-17,20-31,36-40H,18-19,32-35H2,1-15H3. The predicted octanol–water partition coefficient (Wildman–Crippen LogP) is 17.0. The summed E-state index contributed by atoms with van der Waals surface area (Å²) in [6, 6.07) is 46.8. The highest BCUT2D eigenvalue weighted by molar-refractivity contribution is 7.33. The van der Waals surface area contributed by atoms with Crippen LogP contribution in [0.15, 0.2) is 115 Å². The minimum absolute atomic E-state index is 0.00171. The Morgan fingerprint density at radius 3 is 1.62 bits per heavy atom. The summed E-state index contributed by atoms with van der Waals surface area (Å²) in [5.41, 5.74) is 21.9. The summed E-state index contributed by atoms with van der Waals surface area (Å²) < 4.78 is 2.80. The molecule has 2 aliphatic carbocycles.